The van der Waals surface area contributed by atoms with E-state index in [2.05, 4.69) is 39.8 Å². The minimum Gasteiger partial charge on any atom is -0.378 e. The highest BCUT2D eigenvalue weighted by Gasteiger charge is 2.20. The Morgan fingerprint density at radius 2 is 2.00 bits per heavy atom. The number of morpholine rings is 1. The van der Waals surface area contributed by atoms with Gasteiger partial charge in [-0.2, -0.15) is 0 Å². The smallest absolute Gasteiger partial charge is 0.239 e. The van der Waals surface area contributed by atoms with E-state index in [1.807, 2.05) is 0 Å². The molecular weight excluding hydrogens is 349 g/mol. The largest absolute Gasteiger partial charge is 0.378 e. The molecule has 1 amide bonds. The average molecular weight is 376 g/mol. The van der Waals surface area contributed by atoms with E-state index in [4.69, 9.17) is 4.74 Å². The molecule has 0 bridgehead atoms. The summed E-state index contributed by atoms with van der Waals surface area (Å²) in [6, 6.07) is 8.29. The summed E-state index contributed by atoms with van der Waals surface area (Å²) in [6.07, 6.45) is 2.62. The lowest BCUT2D eigenvalue weighted by Crippen LogP contribution is -2.51. The first kappa shape index (κ1) is 21.2. The molecule has 0 saturated carbocycles. The maximum Gasteiger partial charge on any atom is 0.239 e. The Kier molecular flexibility index (Phi) is 9.63. The molecule has 24 heavy (non-hydrogen) atoms. The van der Waals surface area contributed by atoms with Crippen molar-refractivity contribution in [2.75, 3.05) is 32.8 Å². The van der Waals surface area contributed by atoms with Gasteiger partial charge in [0.05, 0.1) is 13.2 Å². The van der Waals surface area contributed by atoms with E-state index in [-0.39, 0.29) is 36.8 Å². The Bertz CT molecular complexity index is 504. The van der Waals surface area contributed by atoms with Crippen molar-refractivity contribution in [2.45, 2.75) is 32.0 Å². The molecule has 2 aliphatic heterocycles. The van der Waals surface area contributed by atoms with E-state index in [9.17, 15) is 4.79 Å². The van der Waals surface area contributed by atoms with Crippen molar-refractivity contribution in [3.05, 3.63) is 35.4 Å². The Hall–Kier alpha value is -0.850. The average Bonchev–Trinajstić information content (AvgIpc) is 3.07. The van der Waals surface area contributed by atoms with Gasteiger partial charge >= 0.3 is 0 Å². The summed E-state index contributed by atoms with van der Waals surface area (Å²) in [5, 5.41) is 6.17. The molecule has 7 heteroatoms. The number of ether oxygens (including phenoxy) is 1. The topological polar surface area (TPSA) is 53.6 Å². The van der Waals surface area contributed by atoms with Gasteiger partial charge < -0.3 is 15.4 Å². The van der Waals surface area contributed by atoms with E-state index in [0.29, 0.717) is 19.8 Å². The molecule has 136 valence electrons. The standard InChI is InChI=1S/C17H25N3O2.2ClH/c21-17(16-13-22-9-6-18-16)19-11-14-4-3-5-15(10-14)12-20-7-1-2-8-20;;/h3-5,10,16,18H,1-2,6-9,11-13H2,(H,19,21);2*1H. The van der Waals surface area contributed by atoms with Crippen LogP contribution in [-0.4, -0.2) is 49.7 Å². The molecule has 2 heterocycles. The van der Waals surface area contributed by atoms with Crippen LogP contribution >= 0.6 is 24.8 Å². The molecule has 2 aliphatic rings. The summed E-state index contributed by atoms with van der Waals surface area (Å²) in [6.45, 7) is 5.87. The molecule has 0 spiro atoms. The monoisotopic (exact) mass is 375 g/mol. The van der Waals surface area contributed by atoms with Gasteiger partial charge in [-0.05, 0) is 37.1 Å². The number of rotatable bonds is 5. The maximum atomic E-state index is 12.1. The summed E-state index contributed by atoms with van der Waals surface area (Å²) in [5.41, 5.74) is 2.48. The minimum atomic E-state index is -0.221. The number of hydrogen-bond donors (Lipinski definition) is 2. The SMILES string of the molecule is Cl.Cl.O=C(NCc1cccc(CN2CCCC2)c1)C1COCCN1. The van der Waals surface area contributed by atoms with Crippen LogP contribution in [0.5, 0.6) is 0 Å². The summed E-state index contributed by atoms with van der Waals surface area (Å²) >= 11 is 0. The number of benzene rings is 1. The fraction of sp³-hybridized carbons (Fsp3) is 0.588. The van der Waals surface area contributed by atoms with Crippen molar-refractivity contribution in [3.63, 3.8) is 0 Å². The highest BCUT2D eigenvalue weighted by atomic mass is 35.5. The molecule has 0 aromatic heterocycles. The molecule has 3 rings (SSSR count). The van der Waals surface area contributed by atoms with Crippen molar-refractivity contribution in [3.8, 4) is 0 Å². The molecule has 2 N–H and O–H groups in total. The lowest BCUT2D eigenvalue weighted by atomic mass is 10.1. The van der Waals surface area contributed by atoms with E-state index >= 15 is 0 Å². The van der Waals surface area contributed by atoms with E-state index in [1.54, 1.807) is 0 Å². The zero-order valence-corrected chi connectivity index (χ0v) is 15.5. The maximum absolute atomic E-state index is 12.1. The fourth-order valence-electron chi connectivity index (χ4n) is 3.08. The molecule has 5 nitrogen and oxygen atoms in total. The van der Waals surface area contributed by atoms with Crippen LogP contribution < -0.4 is 10.6 Å². The predicted octanol–water partition coefficient (Wildman–Crippen LogP) is 1.73. The van der Waals surface area contributed by atoms with Crippen molar-refractivity contribution in [1.82, 2.24) is 15.5 Å². The third-order valence-corrected chi connectivity index (χ3v) is 4.30. The van der Waals surface area contributed by atoms with Crippen LogP contribution in [0.2, 0.25) is 0 Å². The van der Waals surface area contributed by atoms with Gasteiger partial charge in [-0.25, -0.2) is 0 Å². The number of carbonyl (C=O) groups excluding carboxylic acids is 1. The van der Waals surface area contributed by atoms with Crippen LogP contribution in [-0.2, 0) is 22.6 Å². The molecule has 1 unspecified atom stereocenters. The van der Waals surface area contributed by atoms with Crippen LogP contribution in [0.3, 0.4) is 0 Å². The van der Waals surface area contributed by atoms with Crippen molar-refractivity contribution < 1.29 is 9.53 Å². The van der Waals surface area contributed by atoms with Crippen molar-refractivity contribution >= 4 is 30.7 Å². The van der Waals surface area contributed by atoms with Crippen LogP contribution in [0.25, 0.3) is 0 Å². The van der Waals surface area contributed by atoms with Gasteiger partial charge in [0.15, 0.2) is 0 Å². The Morgan fingerprint density at radius 3 is 2.71 bits per heavy atom. The van der Waals surface area contributed by atoms with Crippen LogP contribution in [0.15, 0.2) is 24.3 Å². The van der Waals surface area contributed by atoms with Crippen LogP contribution in [0.4, 0.5) is 0 Å². The molecule has 2 saturated heterocycles. The number of nitrogens with one attached hydrogen (secondary N) is 2. The summed E-state index contributed by atoms with van der Waals surface area (Å²) in [4.78, 5) is 14.6. The number of halogens is 2. The molecule has 1 aromatic rings. The van der Waals surface area contributed by atoms with Crippen LogP contribution in [0.1, 0.15) is 24.0 Å². The van der Waals surface area contributed by atoms with Gasteiger partial charge in [0.1, 0.15) is 6.04 Å². The quantitative estimate of drug-likeness (QED) is 0.822. The minimum absolute atomic E-state index is 0. The normalized spacial score (nSPS) is 20.8. The first-order valence-electron chi connectivity index (χ1n) is 8.20. The second kappa shape index (κ2) is 10.9. The third-order valence-electron chi connectivity index (χ3n) is 4.30. The van der Waals surface area contributed by atoms with E-state index in [0.717, 1.165) is 18.7 Å². The first-order valence-corrected chi connectivity index (χ1v) is 8.20. The Morgan fingerprint density at radius 1 is 1.25 bits per heavy atom. The lowest BCUT2D eigenvalue weighted by Gasteiger charge is -2.23. The molecule has 0 aliphatic carbocycles. The number of hydrogen-bond acceptors (Lipinski definition) is 4. The van der Waals surface area contributed by atoms with Gasteiger partial charge in [-0.15, -0.1) is 24.8 Å². The predicted molar refractivity (Wildman–Crippen MR) is 99.9 cm³/mol. The summed E-state index contributed by atoms with van der Waals surface area (Å²) < 4.78 is 5.32. The molecule has 2 fully saturated rings. The van der Waals surface area contributed by atoms with Crippen LogP contribution in [0, 0.1) is 0 Å². The Labute approximate surface area is 156 Å². The second-order valence-electron chi connectivity index (χ2n) is 6.10. The van der Waals surface area contributed by atoms with Crippen molar-refractivity contribution in [2.24, 2.45) is 0 Å². The molecule has 0 radical (unpaired) electrons. The van der Waals surface area contributed by atoms with E-state index in [1.165, 1.54) is 31.5 Å². The number of likely N-dealkylation sites (tertiary alicyclic amines) is 1. The molecule has 1 atom stereocenters. The summed E-state index contributed by atoms with van der Waals surface area (Å²) in [7, 11) is 0. The lowest BCUT2D eigenvalue weighted by molar-refractivity contribution is -0.126. The number of amides is 1. The van der Waals surface area contributed by atoms with E-state index < -0.39 is 0 Å². The second-order valence-corrected chi connectivity index (χ2v) is 6.10. The highest BCUT2D eigenvalue weighted by molar-refractivity contribution is 5.85. The zero-order chi connectivity index (χ0) is 15.2. The highest BCUT2D eigenvalue weighted by Crippen LogP contribution is 2.13. The zero-order valence-electron chi connectivity index (χ0n) is 13.8. The first-order chi connectivity index (χ1) is 10.8. The van der Waals surface area contributed by atoms with Gasteiger partial charge in [0, 0.05) is 19.6 Å². The van der Waals surface area contributed by atoms with Gasteiger partial charge in [-0.3, -0.25) is 9.69 Å². The number of carbonyl (C=O) groups is 1. The fourth-order valence-corrected chi connectivity index (χ4v) is 3.08. The third kappa shape index (κ3) is 6.22. The van der Waals surface area contributed by atoms with Gasteiger partial charge in [0.25, 0.3) is 0 Å². The Balaban J connectivity index is 0.00000144. The van der Waals surface area contributed by atoms with Crippen molar-refractivity contribution in [1.29, 1.82) is 0 Å². The van der Waals surface area contributed by atoms with Gasteiger partial charge in [0.2, 0.25) is 5.91 Å². The van der Waals surface area contributed by atoms with Gasteiger partial charge in [-0.1, -0.05) is 24.3 Å². The molecule has 1 aromatic carbocycles. The number of nitrogens with zero attached hydrogens (tertiary/aromatic N) is 1. The molecular formula is C17H27Cl2N3O2. The summed E-state index contributed by atoms with van der Waals surface area (Å²) in [5.74, 6) is 0.0182.